The molecule has 15 heavy (non-hydrogen) atoms. The number of benzene rings is 1. The molecule has 0 saturated heterocycles. The molecule has 0 atom stereocenters. The van der Waals surface area contributed by atoms with Gasteiger partial charge >= 0.3 is 0 Å². The van der Waals surface area contributed by atoms with E-state index in [9.17, 15) is 4.79 Å². The molecule has 0 fully saturated rings. The maximum Gasteiger partial charge on any atom is 0.249 e. The second-order valence-electron chi connectivity index (χ2n) is 3.63. The van der Waals surface area contributed by atoms with Crippen LogP contribution in [0.2, 0.25) is 0 Å². The van der Waals surface area contributed by atoms with Crippen LogP contribution in [-0.4, -0.2) is 10.9 Å². The van der Waals surface area contributed by atoms with E-state index in [1.54, 1.807) is 12.1 Å². The van der Waals surface area contributed by atoms with Crippen LogP contribution >= 0.6 is 0 Å². The summed E-state index contributed by atoms with van der Waals surface area (Å²) in [4.78, 5) is 15.6. The number of hydrogen-bond acceptors (Lipinski definition) is 2. The summed E-state index contributed by atoms with van der Waals surface area (Å²) >= 11 is 0. The van der Waals surface area contributed by atoms with Gasteiger partial charge in [-0.3, -0.25) is 9.78 Å². The van der Waals surface area contributed by atoms with Crippen molar-refractivity contribution in [3.63, 3.8) is 0 Å². The molecule has 2 aromatic rings. The van der Waals surface area contributed by atoms with Gasteiger partial charge in [-0.05, 0) is 37.6 Å². The fourth-order valence-corrected chi connectivity index (χ4v) is 1.61. The summed E-state index contributed by atoms with van der Waals surface area (Å²) in [5.41, 5.74) is 8.69. The third-order valence-corrected chi connectivity index (χ3v) is 2.57. The maximum absolute atomic E-state index is 11.2. The molecule has 0 radical (unpaired) electrons. The van der Waals surface area contributed by atoms with E-state index in [-0.39, 0.29) is 0 Å². The Morgan fingerprint density at radius 3 is 2.73 bits per heavy atom. The molecule has 2 rings (SSSR count). The standard InChI is InChI=1S/C12H12N2O/c1-7-6-10-9(12(13)15)4-3-5-11(10)14-8(7)2/h3-6H,1-2H3,(H2,13,15). The van der Waals surface area contributed by atoms with Crippen LogP contribution in [-0.2, 0) is 0 Å². The van der Waals surface area contributed by atoms with Crippen molar-refractivity contribution in [3.8, 4) is 0 Å². The normalized spacial score (nSPS) is 10.5. The molecule has 0 aliphatic carbocycles. The van der Waals surface area contributed by atoms with Crippen molar-refractivity contribution >= 4 is 16.8 Å². The quantitative estimate of drug-likeness (QED) is 0.764. The van der Waals surface area contributed by atoms with Gasteiger partial charge in [0.15, 0.2) is 0 Å². The maximum atomic E-state index is 11.2. The lowest BCUT2D eigenvalue weighted by atomic mass is 10.1. The highest BCUT2D eigenvalue weighted by Crippen LogP contribution is 2.19. The summed E-state index contributed by atoms with van der Waals surface area (Å²) in [6, 6.07) is 7.36. The van der Waals surface area contributed by atoms with E-state index < -0.39 is 5.91 Å². The van der Waals surface area contributed by atoms with Gasteiger partial charge in [0, 0.05) is 16.6 Å². The largest absolute Gasteiger partial charge is 0.366 e. The number of aromatic nitrogens is 1. The Morgan fingerprint density at radius 1 is 1.33 bits per heavy atom. The highest BCUT2D eigenvalue weighted by atomic mass is 16.1. The molecule has 1 aromatic carbocycles. The number of primary amides is 1. The minimum Gasteiger partial charge on any atom is -0.366 e. The van der Waals surface area contributed by atoms with Crippen LogP contribution in [0.25, 0.3) is 10.9 Å². The van der Waals surface area contributed by atoms with Crippen LogP contribution in [0.4, 0.5) is 0 Å². The monoisotopic (exact) mass is 200 g/mol. The number of hydrogen-bond donors (Lipinski definition) is 1. The van der Waals surface area contributed by atoms with Gasteiger partial charge in [-0.15, -0.1) is 0 Å². The van der Waals surface area contributed by atoms with Gasteiger partial charge in [0.05, 0.1) is 5.52 Å². The second-order valence-corrected chi connectivity index (χ2v) is 3.63. The molecule has 0 saturated carbocycles. The van der Waals surface area contributed by atoms with Crippen molar-refractivity contribution in [1.29, 1.82) is 0 Å². The Balaban J connectivity index is 2.86. The highest BCUT2D eigenvalue weighted by Gasteiger charge is 2.07. The molecule has 0 bridgehead atoms. The molecule has 0 spiro atoms. The summed E-state index contributed by atoms with van der Waals surface area (Å²) < 4.78 is 0. The SMILES string of the molecule is Cc1cc2c(C(N)=O)cccc2nc1C. The molecule has 2 N–H and O–H groups in total. The minimum absolute atomic E-state index is 0.411. The molecule has 3 nitrogen and oxygen atoms in total. The number of nitrogens with two attached hydrogens (primary N) is 1. The van der Waals surface area contributed by atoms with Crippen LogP contribution in [0, 0.1) is 13.8 Å². The molecule has 76 valence electrons. The first kappa shape index (κ1) is 9.65. The summed E-state index contributed by atoms with van der Waals surface area (Å²) in [6.07, 6.45) is 0. The van der Waals surface area contributed by atoms with Crippen LogP contribution in [0.5, 0.6) is 0 Å². The fraction of sp³-hybridized carbons (Fsp3) is 0.167. The van der Waals surface area contributed by atoms with Crippen LogP contribution in [0.1, 0.15) is 21.6 Å². The zero-order chi connectivity index (χ0) is 11.0. The lowest BCUT2D eigenvalue weighted by Crippen LogP contribution is -2.11. The van der Waals surface area contributed by atoms with E-state index in [1.807, 2.05) is 26.0 Å². The Bertz CT molecular complexity index is 547. The second kappa shape index (κ2) is 3.35. The lowest BCUT2D eigenvalue weighted by Gasteiger charge is -2.05. The number of rotatable bonds is 1. The van der Waals surface area contributed by atoms with Gasteiger partial charge in [0.1, 0.15) is 0 Å². The van der Waals surface area contributed by atoms with E-state index in [1.165, 1.54) is 0 Å². The van der Waals surface area contributed by atoms with Gasteiger partial charge in [-0.1, -0.05) is 6.07 Å². The Hall–Kier alpha value is -1.90. The van der Waals surface area contributed by atoms with Gasteiger partial charge < -0.3 is 5.73 Å². The van der Waals surface area contributed by atoms with E-state index in [0.717, 1.165) is 22.2 Å². The zero-order valence-corrected chi connectivity index (χ0v) is 8.74. The van der Waals surface area contributed by atoms with Crippen molar-refractivity contribution in [3.05, 3.63) is 41.1 Å². The van der Waals surface area contributed by atoms with Crippen molar-refractivity contribution in [1.82, 2.24) is 4.98 Å². The van der Waals surface area contributed by atoms with E-state index >= 15 is 0 Å². The molecule has 1 amide bonds. The molecule has 0 aliphatic rings. The topological polar surface area (TPSA) is 56.0 Å². The summed E-state index contributed by atoms with van der Waals surface area (Å²) in [5.74, 6) is -0.411. The summed E-state index contributed by atoms with van der Waals surface area (Å²) in [6.45, 7) is 3.92. The Labute approximate surface area is 87.9 Å². The zero-order valence-electron chi connectivity index (χ0n) is 8.74. The van der Waals surface area contributed by atoms with Crippen molar-refractivity contribution in [2.24, 2.45) is 5.73 Å². The van der Waals surface area contributed by atoms with E-state index in [4.69, 9.17) is 5.73 Å². The first-order valence-corrected chi connectivity index (χ1v) is 4.76. The number of carbonyl (C=O) groups is 1. The average molecular weight is 200 g/mol. The smallest absolute Gasteiger partial charge is 0.249 e. The minimum atomic E-state index is -0.411. The third-order valence-electron chi connectivity index (χ3n) is 2.57. The van der Waals surface area contributed by atoms with Crippen molar-refractivity contribution < 1.29 is 4.79 Å². The predicted octanol–water partition coefficient (Wildman–Crippen LogP) is 1.95. The number of aryl methyl sites for hydroxylation is 2. The number of fused-ring (bicyclic) bond motifs is 1. The van der Waals surface area contributed by atoms with E-state index in [2.05, 4.69) is 4.98 Å². The van der Waals surface area contributed by atoms with Gasteiger partial charge in [-0.25, -0.2) is 0 Å². The van der Waals surface area contributed by atoms with Crippen LogP contribution < -0.4 is 5.73 Å². The fourth-order valence-electron chi connectivity index (χ4n) is 1.61. The predicted molar refractivity (Wildman–Crippen MR) is 59.7 cm³/mol. The first-order chi connectivity index (χ1) is 7.09. The number of nitrogens with zero attached hydrogens (tertiary/aromatic N) is 1. The number of carbonyl (C=O) groups excluding carboxylic acids is 1. The Morgan fingerprint density at radius 2 is 2.07 bits per heavy atom. The molecular weight excluding hydrogens is 188 g/mol. The summed E-state index contributed by atoms with van der Waals surface area (Å²) in [7, 11) is 0. The Kier molecular flexibility index (Phi) is 2.15. The van der Waals surface area contributed by atoms with E-state index in [0.29, 0.717) is 5.56 Å². The van der Waals surface area contributed by atoms with Crippen molar-refractivity contribution in [2.45, 2.75) is 13.8 Å². The highest BCUT2D eigenvalue weighted by molar-refractivity contribution is 6.05. The molecule has 3 heteroatoms. The molecule has 1 aromatic heterocycles. The summed E-state index contributed by atoms with van der Waals surface area (Å²) in [5, 5.41) is 0.827. The number of amides is 1. The lowest BCUT2D eigenvalue weighted by molar-refractivity contribution is 0.100. The molecule has 0 unspecified atom stereocenters. The van der Waals surface area contributed by atoms with Gasteiger partial charge in [0.25, 0.3) is 0 Å². The number of pyridine rings is 1. The first-order valence-electron chi connectivity index (χ1n) is 4.76. The molecular formula is C12H12N2O. The third kappa shape index (κ3) is 1.56. The average Bonchev–Trinajstić information content (AvgIpc) is 2.18. The molecule has 1 heterocycles. The van der Waals surface area contributed by atoms with Crippen LogP contribution in [0.15, 0.2) is 24.3 Å². The van der Waals surface area contributed by atoms with Crippen molar-refractivity contribution in [2.75, 3.05) is 0 Å². The van der Waals surface area contributed by atoms with Gasteiger partial charge in [-0.2, -0.15) is 0 Å². The van der Waals surface area contributed by atoms with Gasteiger partial charge in [0.2, 0.25) is 5.91 Å². The molecule has 0 aliphatic heterocycles. The van der Waals surface area contributed by atoms with Crippen LogP contribution in [0.3, 0.4) is 0 Å².